The van der Waals surface area contributed by atoms with Gasteiger partial charge in [0.2, 0.25) is 0 Å². The molecule has 0 saturated carbocycles. The summed E-state index contributed by atoms with van der Waals surface area (Å²) in [7, 11) is 1.21. The number of ether oxygens (including phenoxy) is 3. The molecule has 1 aromatic heterocycles. The number of hydrogen-bond donors (Lipinski definition) is 1. The summed E-state index contributed by atoms with van der Waals surface area (Å²) >= 11 is 0. The van der Waals surface area contributed by atoms with E-state index >= 15 is 0 Å². The van der Waals surface area contributed by atoms with E-state index in [2.05, 4.69) is 10.3 Å². The number of rotatable bonds is 7. The highest BCUT2D eigenvalue weighted by atomic mass is 19.1. The number of carbonyl (C=O) groups is 3. The molecule has 30 heavy (non-hydrogen) atoms. The molecule has 8 nitrogen and oxygen atoms in total. The molecule has 162 valence electrons. The van der Waals surface area contributed by atoms with Gasteiger partial charge in [-0.2, -0.15) is 0 Å². The minimum Gasteiger partial charge on any atom is -0.466 e. The van der Waals surface area contributed by atoms with E-state index in [4.69, 9.17) is 14.2 Å². The molecule has 1 aliphatic heterocycles. The standard InChI is InChI=1S/C21H25FN2O6/c1-6-13-14(8-23-9-15(13)22)18-17(20(26)28-5)11(3)24-16(10-30-12(4)25)19(18)21(27)29-7-2/h8-9,18,24H,6-7,10H2,1-5H3. The number of pyridine rings is 1. The third kappa shape index (κ3) is 4.67. The topological polar surface area (TPSA) is 104 Å². The zero-order valence-electron chi connectivity index (χ0n) is 17.6. The minimum atomic E-state index is -1.01. The summed E-state index contributed by atoms with van der Waals surface area (Å²) in [5, 5.41) is 2.94. The highest BCUT2D eigenvalue weighted by Gasteiger charge is 2.40. The Balaban J connectivity index is 2.81. The van der Waals surface area contributed by atoms with Gasteiger partial charge in [-0.15, -0.1) is 0 Å². The molecule has 2 heterocycles. The molecule has 9 heteroatoms. The molecule has 0 amide bonds. The van der Waals surface area contributed by atoms with Crippen LogP contribution in [-0.4, -0.2) is 43.2 Å². The van der Waals surface area contributed by atoms with Crippen LogP contribution in [0.3, 0.4) is 0 Å². The summed E-state index contributed by atoms with van der Waals surface area (Å²) in [6, 6.07) is 0. The predicted molar refractivity (Wildman–Crippen MR) is 104 cm³/mol. The van der Waals surface area contributed by atoms with Crippen molar-refractivity contribution in [1.82, 2.24) is 10.3 Å². The van der Waals surface area contributed by atoms with Gasteiger partial charge in [-0.05, 0) is 31.4 Å². The number of esters is 3. The van der Waals surface area contributed by atoms with Gasteiger partial charge in [-0.1, -0.05) is 6.92 Å². The number of nitrogens with one attached hydrogen (secondary N) is 1. The number of allylic oxidation sites excluding steroid dienone is 1. The summed E-state index contributed by atoms with van der Waals surface area (Å²) in [4.78, 5) is 40.9. The zero-order valence-corrected chi connectivity index (χ0v) is 17.6. The van der Waals surface area contributed by atoms with Crippen molar-refractivity contribution in [3.63, 3.8) is 0 Å². The minimum absolute atomic E-state index is 0.0335. The Morgan fingerprint density at radius 1 is 1.13 bits per heavy atom. The molecule has 1 N–H and O–H groups in total. The Morgan fingerprint density at radius 2 is 1.83 bits per heavy atom. The van der Waals surface area contributed by atoms with Crippen molar-refractivity contribution in [1.29, 1.82) is 0 Å². The molecular formula is C21H25FN2O6. The Morgan fingerprint density at radius 3 is 2.40 bits per heavy atom. The normalized spacial score (nSPS) is 16.1. The van der Waals surface area contributed by atoms with Gasteiger partial charge in [0.1, 0.15) is 12.4 Å². The van der Waals surface area contributed by atoms with Gasteiger partial charge < -0.3 is 19.5 Å². The average Bonchev–Trinajstić information content (AvgIpc) is 2.70. The molecule has 2 rings (SSSR count). The first kappa shape index (κ1) is 23.1. The first-order valence-electron chi connectivity index (χ1n) is 9.48. The van der Waals surface area contributed by atoms with E-state index in [1.807, 2.05) is 0 Å². The van der Waals surface area contributed by atoms with E-state index in [0.717, 1.165) is 6.20 Å². The molecule has 0 aromatic carbocycles. The van der Waals surface area contributed by atoms with Crippen LogP contribution >= 0.6 is 0 Å². The quantitative estimate of drug-likeness (QED) is 0.529. The molecule has 0 saturated heterocycles. The van der Waals surface area contributed by atoms with Crippen LogP contribution in [0, 0.1) is 5.82 Å². The van der Waals surface area contributed by atoms with Crippen LogP contribution in [0.5, 0.6) is 0 Å². The van der Waals surface area contributed by atoms with Gasteiger partial charge >= 0.3 is 17.9 Å². The van der Waals surface area contributed by atoms with Crippen LogP contribution in [0.15, 0.2) is 34.9 Å². The molecule has 0 fully saturated rings. The Labute approximate surface area is 174 Å². The van der Waals surface area contributed by atoms with Gasteiger partial charge in [-0.3, -0.25) is 9.78 Å². The summed E-state index contributed by atoms with van der Waals surface area (Å²) in [5.74, 6) is -3.53. The number of halogens is 1. The summed E-state index contributed by atoms with van der Waals surface area (Å²) in [6.45, 7) is 6.07. The highest BCUT2D eigenvalue weighted by Crippen LogP contribution is 2.41. The fourth-order valence-corrected chi connectivity index (χ4v) is 3.42. The number of carbonyl (C=O) groups excluding carboxylic acids is 3. The Bertz CT molecular complexity index is 922. The second-order valence-electron chi connectivity index (χ2n) is 6.52. The monoisotopic (exact) mass is 420 g/mol. The zero-order chi connectivity index (χ0) is 22.4. The second-order valence-corrected chi connectivity index (χ2v) is 6.52. The third-order valence-electron chi connectivity index (χ3n) is 4.67. The maximum atomic E-state index is 14.5. The van der Waals surface area contributed by atoms with Crippen LogP contribution in [0.4, 0.5) is 4.39 Å². The number of nitrogens with zero attached hydrogens (tertiary/aromatic N) is 1. The lowest BCUT2D eigenvalue weighted by Gasteiger charge is -2.32. The van der Waals surface area contributed by atoms with Gasteiger partial charge in [0.25, 0.3) is 0 Å². The van der Waals surface area contributed by atoms with E-state index < -0.39 is 29.6 Å². The van der Waals surface area contributed by atoms with Crippen molar-refractivity contribution < 1.29 is 33.0 Å². The van der Waals surface area contributed by atoms with E-state index in [0.29, 0.717) is 23.2 Å². The van der Waals surface area contributed by atoms with Crippen LogP contribution in [0.25, 0.3) is 0 Å². The molecular weight excluding hydrogens is 395 g/mol. The largest absolute Gasteiger partial charge is 0.466 e. The maximum absolute atomic E-state index is 14.5. The molecule has 1 unspecified atom stereocenters. The molecule has 0 bridgehead atoms. The third-order valence-corrected chi connectivity index (χ3v) is 4.67. The van der Waals surface area contributed by atoms with Crippen LogP contribution in [0.1, 0.15) is 44.7 Å². The Hall–Kier alpha value is -3.23. The van der Waals surface area contributed by atoms with E-state index in [9.17, 15) is 18.8 Å². The number of aromatic nitrogens is 1. The van der Waals surface area contributed by atoms with Crippen LogP contribution < -0.4 is 5.32 Å². The second kappa shape index (κ2) is 10.00. The van der Waals surface area contributed by atoms with Crippen molar-refractivity contribution in [2.24, 2.45) is 0 Å². The number of methoxy groups -OCH3 is 1. The molecule has 1 atom stereocenters. The van der Waals surface area contributed by atoms with Crippen molar-refractivity contribution in [2.75, 3.05) is 20.3 Å². The molecule has 0 aliphatic carbocycles. The maximum Gasteiger partial charge on any atom is 0.336 e. The Kier molecular flexibility index (Phi) is 7.68. The number of dihydropyridines is 1. The predicted octanol–water partition coefficient (Wildman–Crippen LogP) is 2.30. The molecule has 0 spiro atoms. The fourth-order valence-electron chi connectivity index (χ4n) is 3.42. The molecule has 1 aliphatic rings. The van der Waals surface area contributed by atoms with Crippen molar-refractivity contribution in [3.8, 4) is 0 Å². The van der Waals surface area contributed by atoms with Crippen molar-refractivity contribution >= 4 is 17.9 Å². The lowest BCUT2D eigenvalue weighted by atomic mass is 9.78. The lowest BCUT2D eigenvalue weighted by Crippen LogP contribution is -2.35. The van der Waals surface area contributed by atoms with Crippen molar-refractivity contribution in [3.05, 3.63) is 51.9 Å². The summed E-state index contributed by atoms with van der Waals surface area (Å²) in [6.07, 6.45) is 2.79. The summed E-state index contributed by atoms with van der Waals surface area (Å²) in [5.41, 5.74) is 1.42. The van der Waals surface area contributed by atoms with Gasteiger partial charge in [0.05, 0.1) is 42.7 Å². The van der Waals surface area contributed by atoms with Gasteiger partial charge in [-0.25, -0.2) is 14.0 Å². The van der Waals surface area contributed by atoms with Crippen molar-refractivity contribution in [2.45, 2.75) is 40.0 Å². The van der Waals surface area contributed by atoms with Gasteiger partial charge in [0.15, 0.2) is 0 Å². The first-order chi connectivity index (χ1) is 14.3. The van der Waals surface area contributed by atoms with E-state index in [1.165, 1.54) is 20.2 Å². The summed E-state index contributed by atoms with van der Waals surface area (Å²) < 4.78 is 29.7. The SMILES string of the molecule is CCOC(=O)C1=C(COC(C)=O)NC(C)=C(C(=O)OC)C1c1cncc(F)c1CC. The van der Waals surface area contributed by atoms with Crippen LogP contribution in [-0.2, 0) is 35.0 Å². The molecule has 1 aromatic rings. The lowest BCUT2D eigenvalue weighted by molar-refractivity contribution is -0.142. The first-order valence-corrected chi connectivity index (χ1v) is 9.48. The number of hydrogen-bond acceptors (Lipinski definition) is 8. The van der Waals surface area contributed by atoms with Gasteiger partial charge in [0, 0.05) is 18.8 Å². The molecule has 0 radical (unpaired) electrons. The average molecular weight is 420 g/mol. The fraction of sp³-hybridized carbons (Fsp3) is 0.429. The van der Waals surface area contributed by atoms with E-state index in [1.54, 1.807) is 20.8 Å². The highest BCUT2D eigenvalue weighted by molar-refractivity contribution is 6.00. The van der Waals surface area contributed by atoms with Crippen LogP contribution in [0.2, 0.25) is 0 Å². The van der Waals surface area contributed by atoms with E-state index in [-0.39, 0.29) is 30.1 Å². The smallest absolute Gasteiger partial charge is 0.336 e.